The highest BCUT2D eigenvalue weighted by molar-refractivity contribution is 5.29. The van der Waals surface area contributed by atoms with Crippen molar-refractivity contribution in [2.24, 2.45) is 38.4 Å². The molecule has 0 amide bonds. The fraction of sp³-hybridized carbons (Fsp3) is 1.00. The molecule has 4 unspecified atom stereocenters. The first kappa shape index (κ1) is 28.5. The SMILES string of the molecule is O=[N+]([O-])OC12CC3(C(F)(F)F)CC(C(F)(F)F)(C1)CC(C14CC5CC(C(F)(F)F)(CC(C(F)(F)F)(C5)C1)C4)(C2)C3. The van der Waals surface area contributed by atoms with Gasteiger partial charge >= 0.3 is 24.7 Å². The van der Waals surface area contributed by atoms with Crippen LogP contribution in [0.5, 0.6) is 0 Å². The third kappa shape index (κ3) is 3.30. The van der Waals surface area contributed by atoms with E-state index in [1.165, 1.54) is 0 Å². The highest BCUT2D eigenvalue weighted by Crippen LogP contribution is 2.87. The summed E-state index contributed by atoms with van der Waals surface area (Å²) in [6.45, 7) is 0. The van der Waals surface area contributed by atoms with Crippen LogP contribution in [0.3, 0.4) is 0 Å². The van der Waals surface area contributed by atoms with Crippen LogP contribution in [0.25, 0.3) is 0 Å². The van der Waals surface area contributed by atoms with E-state index in [1.54, 1.807) is 0 Å². The van der Waals surface area contributed by atoms with E-state index in [0.29, 0.717) is 0 Å². The van der Waals surface area contributed by atoms with Crippen molar-refractivity contribution in [2.75, 3.05) is 0 Å². The second kappa shape index (κ2) is 7.11. The molecule has 0 spiro atoms. The highest BCUT2D eigenvalue weighted by Gasteiger charge is 2.86. The van der Waals surface area contributed by atoms with Crippen LogP contribution < -0.4 is 0 Å². The van der Waals surface area contributed by atoms with E-state index >= 15 is 0 Å². The largest absolute Gasteiger partial charge is 0.394 e. The van der Waals surface area contributed by atoms with E-state index in [0.717, 1.165) is 0 Å². The van der Waals surface area contributed by atoms with Gasteiger partial charge in [0.2, 0.25) is 0 Å². The molecular formula is C24H25F12NO3. The van der Waals surface area contributed by atoms with Gasteiger partial charge in [-0.15, -0.1) is 10.1 Å². The Labute approximate surface area is 219 Å². The zero-order valence-corrected chi connectivity index (χ0v) is 20.8. The minimum absolute atomic E-state index is 0.390. The molecule has 8 bridgehead atoms. The lowest BCUT2D eigenvalue weighted by Crippen LogP contribution is -2.76. The van der Waals surface area contributed by atoms with Crippen LogP contribution >= 0.6 is 0 Å². The molecule has 0 radical (unpaired) electrons. The van der Waals surface area contributed by atoms with Crippen LogP contribution in [0.4, 0.5) is 52.7 Å². The minimum Gasteiger partial charge on any atom is -0.307 e. The van der Waals surface area contributed by atoms with Crippen molar-refractivity contribution in [1.82, 2.24) is 0 Å². The molecule has 16 heteroatoms. The topological polar surface area (TPSA) is 52.4 Å². The van der Waals surface area contributed by atoms with Gasteiger partial charge in [0, 0.05) is 0 Å². The summed E-state index contributed by atoms with van der Waals surface area (Å²) in [5.41, 5.74) is -19.5. The number of hydrogen-bond acceptors (Lipinski definition) is 3. The molecule has 228 valence electrons. The first-order chi connectivity index (χ1) is 17.8. The molecule has 0 N–H and O–H groups in total. The highest BCUT2D eigenvalue weighted by atomic mass is 19.4. The van der Waals surface area contributed by atoms with Gasteiger partial charge in [0.1, 0.15) is 5.60 Å². The van der Waals surface area contributed by atoms with Crippen LogP contribution in [0, 0.1) is 48.5 Å². The summed E-state index contributed by atoms with van der Waals surface area (Å²) < 4.78 is 176. The molecule has 8 aliphatic rings. The first-order valence-electron chi connectivity index (χ1n) is 12.9. The monoisotopic (exact) mass is 603 g/mol. The Morgan fingerprint density at radius 1 is 0.525 bits per heavy atom. The molecule has 0 aromatic rings. The summed E-state index contributed by atoms with van der Waals surface area (Å²) in [6, 6.07) is 0. The number of rotatable bonds is 3. The Kier molecular flexibility index (Phi) is 5.06. The summed E-state index contributed by atoms with van der Waals surface area (Å²) in [4.78, 5) is 16.1. The van der Waals surface area contributed by atoms with Gasteiger partial charge in [0.25, 0.3) is 5.09 Å². The van der Waals surface area contributed by atoms with Gasteiger partial charge in [-0.25, -0.2) is 0 Å². The van der Waals surface area contributed by atoms with Gasteiger partial charge in [-0.3, -0.25) is 0 Å². The summed E-state index contributed by atoms with van der Waals surface area (Å²) in [5.74, 6) is -1.22. The Morgan fingerprint density at radius 3 is 1.27 bits per heavy atom. The van der Waals surface area contributed by atoms with Crippen molar-refractivity contribution >= 4 is 0 Å². The second-order valence-corrected chi connectivity index (χ2v) is 14.2. The van der Waals surface area contributed by atoms with Crippen LogP contribution in [-0.4, -0.2) is 35.4 Å². The maximum Gasteiger partial charge on any atom is 0.394 e. The first-order valence-corrected chi connectivity index (χ1v) is 12.9. The molecule has 40 heavy (non-hydrogen) atoms. The van der Waals surface area contributed by atoms with E-state index in [4.69, 9.17) is 0 Å². The van der Waals surface area contributed by atoms with Crippen molar-refractivity contribution in [3.05, 3.63) is 10.1 Å². The summed E-state index contributed by atoms with van der Waals surface area (Å²) in [7, 11) is 0. The molecule has 0 aliphatic heterocycles. The van der Waals surface area contributed by atoms with Gasteiger partial charge in [-0.1, -0.05) is 0 Å². The van der Waals surface area contributed by atoms with E-state index in [1.807, 2.05) is 0 Å². The Bertz CT molecular complexity index is 1080. The minimum atomic E-state index is -5.37. The number of alkyl halides is 12. The van der Waals surface area contributed by atoms with Crippen molar-refractivity contribution in [2.45, 2.75) is 107 Å². The molecule has 8 saturated carbocycles. The lowest BCUT2D eigenvalue weighted by molar-refractivity contribution is -0.788. The summed E-state index contributed by atoms with van der Waals surface area (Å²) in [5, 5.41) is 9.94. The van der Waals surface area contributed by atoms with Crippen LogP contribution in [0.15, 0.2) is 0 Å². The maximum absolute atomic E-state index is 14.8. The zero-order chi connectivity index (χ0) is 29.8. The smallest absolute Gasteiger partial charge is 0.307 e. The van der Waals surface area contributed by atoms with E-state index in [9.17, 15) is 62.8 Å². The lowest BCUT2D eigenvalue weighted by Gasteiger charge is -2.78. The maximum atomic E-state index is 14.8. The molecular weight excluding hydrogens is 578 g/mol. The molecule has 0 heterocycles. The standard InChI is InChI=1S/C24H25F12NO3/c25-21(26,27)15-2-13-1-14(4-15,5-16(3-13,6-15)22(28,29)30)17-7-18(23(31,32)33)9-19(8-17,24(34,35)36)12-20(10-17,11-18)40-37(38)39/h13H,1-12H2. The summed E-state index contributed by atoms with van der Waals surface area (Å²) in [6.07, 6.45) is -33.2. The predicted molar refractivity (Wildman–Crippen MR) is 109 cm³/mol. The lowest BCUT2D eigenvalue weighted by atomic mass is 9.27. The summed E-state index contributed by atoms with van der Waals surface area (Å²) >= 11 is 0. The molecule has 0 aromatic heterocycles. The normalized spacial score (nSPS) is 50.0. The van der Waals surface area contributed by atoms with Gasteiger partial charge in [0.05, 0.1) is 21.7 Å². The molecule has 8 fully saturated rings. The average molecular weight is 603 g/mol. The molecule has 4 atom stereocenters. The molecule has 0 saturated heterocycles. The van der Waals surface area contributed by atoms with Gasteiger partial charge in [-0.05, 0) is 93.8 Å². The Balaban J connectivity index is 1.61. The fourth-order valence-electron chi connectivity index (χ4n) is 11.6. The number of hydrogen-bond donors (Lipinski definition) is 0. The van der Waals surface area contributed by atoms with Gasteiger partial charge < -0.3 is 4.84 Å². The van der Waals surface area contributed by atoms with E-state index in [2.05, 4.69) is 4.84 Å². The average Bonchev–Trinajstić information content (AvgIpc) is 2.67. The second-order valence-electron chi connectivity index (χ2n) is 14.2. The van der Waals surface area contributed by atoms with Crippen LogP contribution in [0.2, 0.25) is 0 Å². The molecule has 8 aliphatic carbocycles. The van der Waals surface area contributed by atoms with E-state index < -0.39 is 144 Å². The van der Waals surface area contributed by atoms with Crippen LogP contribution in [-0.2, 0) is 4.84 Å². The third-order valence-electron chi connectivity index (χ3n) is 11.9. The van der Waals surface area contributed by atoms with Crippen molar-refractivity contribution in [3.63, 3.8) is 0 Å². The van der Waals surface area contributed by atoms with Crippen molar-refractivity contribution in [1.29, 1.82) is 0 Å². The number of nitrogens with zero attached hydrogens (tertiary/aromatic N) is 1. The van der Waals surface area contributed by atoms with Gasteiger partial charge in [-0.2, -0.15) is 52.7 Å². The molecule has 4 nitrogen and oxygen atoms in total. The Hall–Kier alpha value is -1.64. The van der Waals surface area contributed by atoms with Crippen molar-refractivity contribution < 1.29 is 62.6 Å². The van der Waals surface area contributed by atoms with Crippen molar-refractivity contribution in [3.8, 4) is 0 Å². The number of halogens is 12. The van der Waals surface area contributed by atoms with Crippen LogP contribution in [0.1, 0.15) is 77.0 Å². The predicted octanol–water partition coefficient (Wildman–Crippen LogP) is 8.48. The molecule has 0 aromatic carbocycles. The van der Waals surface area contributed by atoms with Gasteiger partial charge in [0.15, 0.2) is 0 Å². The quantitative estimate of drug-likeness (QED) is 0.185. The molecule has 8 rings (SSSR count). The van der Waals surface area contributed by atoms with E-state index in [-0.39, 0.29) is 6.42 Å². The fourth-order valence-corrected chi connectivity index (χ4v) is 11.6. The third-order valence-corrected chi connectivity index (χ3v) is 11.9. The Morgan fingerprint density at radius 2 is 0.900 bits per heavy atom. The zero-order valence-electron chi connectivity index (χ0n) is 20.8.